The van der Waals surface area contributed by atoms with Crippen LogP contribution in [-0.2, 0) is 4.79 Å². The minimum Gasteiger partial charge on any atom is -0.481 e. The number of carboxylic acid groups (broad SMARTS) is 1. The highest BCUT2D eigenvalue weighted by molar-refractivity contribution is 5.72. The maximum Gasteiger partial charge on any atom is 0.312 e. The van der Waals surface area contributed by atoms with Crippen molar-refractivity contribution in [2.24, 2.45) is 5.73 Å². The third-order valence-corrected chi connectivity index (χ3v) is 1.43. The highest BCUT2D eigenvalue weighted by atomic mass is 16.4. The summed E-state index contributed by atoms with van der Waals surface area (Å²) >= 11 is 0. The molecule has 0 aromatic carbocycles. The van der Waals surface area contributed by atoms with E-state index >= 15 is 0 Å². The van der Waals surface area contributed by atoms with Crippen LogP contribution in [0.4, 0.5) is 4.79 Å². The van der Waals surface area contributed by atoms with E-state index in [1.807, 2.05) is 0 Å². The molecule has 70 valence electrons. The number of nitrogens with two attached hydrogens (primary N) is 1. The van der Waals surface area contributed by atoms with Gasteiger partial charge in [0.05, 0.1) is 0 Å². The molecule has 0 rings (SSSR count). The number of carboxylic acids is 1. The van der Waals surface area contributed by atoms with Crippen LogP contribution in [0.15, 0.2) is 0 Å². The van der Waals surface area contributed by atoms with E-state index in [9.17, 15) is 9.59 Å². The minimum absolute atomic E-state index is 0.0211. The van der Waals surface area contributed by atoms with Gasteiger partial charge in [-0.1, -0.05) is 0 Å². The van der Waals surface area contributed by atoms with Gasteiger partial charge in [-0.2, -0.15) is 0 Å². The summed E-state index contributed by atoms with van der Waals surface area (Å²) < 4.78 is 0. The van der Waals surface area contributed by atoms with E-state index in [1.165, 1.54) is 0 Å². The van der Waals surface area contributed by atoms with Crippen molar-refractivity contribution in [3.8, 4) is 0 Å². The van der Waals surface area contributed by atoms with Gasteiger partial charge in [0.1, 0.15) is 0 Å². The number of carbonyl (C=O) groups excluding carboxylic acids is 1. The fourth-order valence-corrected chi connectivity index (χ4v) is 0.815. The van der Waals surface area contributed by atoms with Gasteiger partial charge in [-0.25, -0.2) is 4.79 Å². The number of hydrogen-bond acceptors (Lipinski definition) is 2. The third kappa shape index (κ3) is 5.52. The van der Waals surface area contributed by atoms with Crippen LogP contribution in [-0.4, -0.2) is 22.6 Å². The second-order valence-corrected chi connectivity index (χ2v) is 3.27. The Kier molecular flexibility index (Phi) is 3.53. The highest BCUT2D eigenvalue weighted by Gasteiger charge is 2.19. The molecule has 0 aromatic rings. The summed E-state index contributed by atoms with van der Waals surface area (Å²) in [5.41, 5.74) is 4.34. The van der Waals surface area contributed by atoms with Gasteiger partial charge in [-0.05, 0) is 20.3 Å². The zero-order chi connectivity index (χ0) is 9.78. The number of aliphatic carboxylic acids is 1. The van der Waals surface area contributed by atoms with E-state index in [0.29, 0.717) is 6.42 Å². The average molecular weight is 174 g/mol. The number of hydrogen-bond donors (Lipinski definition) is 3. The number of nitrogens with one attached hydrogen (secondary N) is 1. The first-order chi connectivity index (χ1) is 5.33. The number of carbonyl (C=O) groups is 2. The first-order valence-electron chi connectivity index (χ1n) is 3.63. The van der Waals surface area contributed by atoms with Crippen LogP contribution >= 0.6 is 0 Å². The molecule has 0 radical (unpaired) electrons. The standard InChI is InChI=1S/C7H14N2O3/c1-7(2,9-6(8)12)4-3-5(10)11/h3-4H2,1-2H3,(H,10,11)(H3,8,9,12). The second kappa shape index (κ2) is 3.94. The zero-order valence-corrected chi connectivity index (χ0v) is 7.26. The lowest BCUT2D eigenvalue weighted by Crippen LogP contribution is -2.46. The predicted molar refractivity (Wildman–Crippen MR) is 43.7 cm³/mol. The Hall–Kier alpha value is -1.26. The maximum absolute atomic E-state index is 10.4. The zero-order valence-electron chi connectivity index (χ0n) is 7.26. The van der Waals surface area contributed by atoms with E-state index in [-0.39, 0.29) is 6.42 Å². The number of primary amides is 1. The van der Waals surface area contributed by atoms with Crippen molar-refractivity contribution < 1.29 is 14.7 Å². The molecule has 5 nitrogen and oxygen atoms in total. The summed E-state index contributed by atoms with van der Waals surface area (Å²) in [6.07, 6.45) is 0.387. The molecule has 5 heteroatoms. The Morgan fingerprint density at radius 1 is 1.50 bits per heavy atom. The van der Waals surface area contributed by atoms with Crippen LogP contribution in [0.5, 0.6) is 0 Å². The second-order valence-electron chi connectivity index (χ2n) is 3.27. The predicted octanol–water partition coefficient (Wildman–Crippen LogP) is 0.298. The van der Waals surface area contributed by atoms with E-state index < -0.39 is 17.5 Å². The molecule has 0 spiro atoms. The van der Waals surface area contributed by atoms with Crippen molar-refractivity contribution >= 4 is 12.0 Å². The summed E-state index contributed by atoms with van der Waals surface area (Å²) in [5, 5.41) is 10.8. The molecule has 4 N–H and O–H groups in total. The quantitative estimate of drug-likeness (QED) is 0.572. The first kappa shape index (κ1) is 10.7. The van der Waals surface area contributed by atoms with Crippen LogP contribution < -0.4 is 11.1 Å². The molecule has 0 unspecified atom stereocenters. The SMILES string of the molecule is CC(C)(CCC(=O)O)NC(N)=O. The van der Waals surface area contributed by atoms with Crippen LogP contribution in [0, 0.1) is 0 Å². The van der Waals surface area contributed by atoms with Crippen molar-refractivity contribution in [2.75, 3.05) is 0 Å². The lowest BCUT2D eigenvalue weighted by Gasteiger charge is -2.24. The molecule has 0 aliphatic heterocycles. The molecular formula is C7H14N2O3. The maximum atomic E-state index is 10.4. The smallest absolute Gasteiger partial charge is 0.312 e. The fraction of sp³-hybridized carbons (Fsp3) is 0.714. The molecule has 12 heavy (non-hydrogen) atoms. The average Bonchev–Trinajstić information content (AvgIpc) is 1.81. The summed E-state index contributed by atoms with van der Waals surface area (Å²) in [5.74, 6) is -0.880. The van der Waals surface area contributed by atoms with Gasteiger partial charge >= 0.3 is 12.0 Å². The van der Waals surface area contributed by atoms with Gasteiger partial charge < -0.3 is 16.2 Å². The third-order valence-electron chi connectivity index (χ3n) is 1.43. The Labute approximate surface area is 70.9 Å². The van der Waals surface area contributed by atoms with Gasteiger partial charge in [0.25, 0.3) is 0 Å². The van der Waals surface area contributed by atoms with Gasteiger partial charge in [-0.15, -0.1) is 0 Å². The van der Waals surface area contributed by atoms with Crippen LogP contribution in [0.3, 0.4) is 0 Å². The molecule has 0 aliphatic carbocycles. The summed E-state index contributed by atoms with van der Waals surface area (Å²) in [7, 11) is 0. The summed E-state index contributed by atoms with van der Waals surface area (Å²) in [4.78, 5) is 20.6. The van der Waals surface area contributed by atoms with E-state index in [0.717, 1.165) is 0 Å². The molecule has 0 aliphatic rings. The number of rotatable bonds is 4. The number of amides is 2. The summed E-state index contributed by atoms with van der Waals surface area (Å²) in [6, 6.07) is -0.634. The van der Waals surface area contributed by atoms with Crippen molar-refractivity contribution in [1.29, 1.82) is 0 Å². The normalized spacial score (nSPS) is 10.8. The highest BCUT2D eigenvalue weighted by Crippen LogP contribution is 2.10. The Balaban J connectivity index is 3.86. The lowest BCUT2D eigenvalue weighted by molar-refractivity contribution is -0.137. The van der Waals surface area contributed by atoms with Crippen molar-refractivity contribution in [2.45, 2.75) is 32.2 Å². The number of urea groups is 1. The largest absolute Gasteiger partial charge is 0.481 e. The van der Waals surface area contributed by atoms with Crippen LogP contribution in [0.1, 0.15) is 26.7 Å². The Morgan fingerprint density at radius 2 is 2.00 bits per heavy atom. The van der Waals surface area contributed by atoms with E-state index in [2.05, 4.69) is 5.32 Å². The van der Waals surface area contributed by atoms with Crippen molar-refractivity contribution in [3.05, 3.63) is 0 Å². The van der Waals surface area contributed by atoms with Gasteiger partial charge in [0, 0.05) is 12.0 Å². The topological polar surface area (TPSA) is 92.4 Å². The molecule has 0 fully saturated rings. The molecule has 0 bridgehead atoms. The fourth-order valence-electron chi connectivity index (χ4n) is 0.815. The first-order valence-corrected chi connectivity index (χ1v) is 3.63. The van der Waals surface area contributed by atoms with Crippen LogP contribution in [0.2, 0.25) is 0 Å². The summed E-state index contributed by atoms with van der Waals surface area (Å²) in [6.45, 7) is 3.45. The van der Waals surface area contributed by atoms with E-state index in [1.54, 1.807) is 13.8 Å². The lowest BCUT2D eigenvalue weighted by atomic mass is 9.99. The van der Waals surface area contributed by atoms with Crippen molar-refractivity contribution in [3.63, 3.8) is 0 Å². The van der Waals surface area contributed by atoms with Gasteiger partial charge in [-0.3, -0.25) is 4.79 Å². The van der Waals surface area contributed by atoms with Crippen LogP contribution in [0.25, 0.3) is 0 Å². The molecule has 2 amide bonds. The van der Waals surface area contributed by atoms with E-state index in [4.69, 9.17) is 10.8 Å². The molecule has 0 saturated carbocycles. The monoisotopic (exact) mass is 174 g/mol. The Morgan fingerprint density at radius 3 is 2.33 bits per heavy atom. The molecule has 0 saturated heterocycles. The van der Waals surface area contributed by atoms with Crippen molar-refractivity contribution in [1.82, 2.24) is 5.32 Å². The molecule has 0 aromatic heterocycles. The molecule has 0 heterocycles. The molecule has 0 atom stereocenters. The minimum atomic E-state index is -0.880. The van der Waals surface area contributed by atoms with Gasteiger partial charge in [0.15, 0.2) is 0 Å². The Bertz CT molecular complexity index is 189. The van der Waals surface area contributed by atoms with Gasteiger partial charge in [0.2, 0.25) is 0 Å². The molecular weight excluding hydrogens is 160 g/mol.